The van der Waals surface area contributed by atoms with Crippen LogP contribution in [0.1, 0.15) is 71.0 Å². The SMILES string of the molecule is CC(C)(C)OC(=O)C[C@@H]1C[C@H](c2ccncc2N)O[C@@H]2CCCC[C@]12O. The first-order chi connectivity index (χ1) is 12.2. The zero-order chi connectivity index (χ0) is 18.9. The molecular formula is C20H30N2O4. The Morgan fingerprint density at radius 1 is 1.46 bits per heavy atom. The van der Waals surface area contributed by atoms with Crippen LogP contribution in [0.4, 0.5) is 5.69 Å². The number of carbonyl (C=O) groups is 1. The summed E-state index contributed by atoms with van der Waals surface area (Å²) in [5.41, 5.74) is 6.03. The summed E-state index contributed by atoms with van der Waals surface area (Å²) < 4.78 is 11.8. The van der Waals surface area contributed by atoms with Crippen molar-refractivity contribution in [3.63, 3.8) is 0 Å². The van der Waals surface area contributed by atoms with Gasteiger partial charge in [-0.2, -0.15) is 0 Å². The molecule has 1 aliphatic carbocycles. The average molecular weight is 362 g/mol. The molecule has 6 nitrogen and oxygen atoms in total. The molecule has 3 rings (SSSR count). The van der Waals surface area contributed by atoms with Crippen molar-refractivity contribution in [1.82, 2.24) is 4.98 Å². The molecule has 2 fully saturated rings. The van der Waals surface area contributed by atoms with Gasteiger partial charge in [0.1, 0.15) is 5.60 Å². The molecule has 1 saturated heterocycles. The second-order valence-corrected chi connectivity index (χ2v) is 8.58. The summed E-state index contributed by atoms with van der Waals surface area (Å²) in [4.78, 5) is 16.5. The van der Waals surface area contributed by atoms with Crippen molar-refractivity contribution in [2.75, 3.05) is 5.73 Å². The van der Waals surface area contributed by atoms with Gasteiger partial charge in [0.2, 0.25) is 0 Å². The van der Waals surface area contributed by atoms with Crippen molar-refractivity contribution >= 4 is 11.7 Å². The lowest BCUT2D eigenvalue weighted by molar-refractivity contribution is -0.226. The van der Waals surface area contributed by atoms with Crippen molar-refractivity contribution in [1.29, 1.82) is 0 Å². The number of nitrogens with two attached hydrogens (primary N) is 1. The number of nitrogen functional groups attached to an aromatic ring is 1. The Hall–Kier alpha value is -1.66. The number of rotatable bonds is 3. The maximum Gasteiger partial charge on any atom is 0.306 e. The molecule has 2 heterocycles. The Bertz CT molecular complexity index is 657. The van der Waals surface area contributed by atoms with Gasteiger partial charge >= 0.3 is 5.97 Å². The summed E-state index contributed by atoms with van der Waals surface area (Å²) >= 11 is 0. The molecule has 1 saturated carbocycles. The number of carbonyl (C=O) groups excluding carboxylic acids is 1. The summed E-state index contributed by atoms with van der Waals surface area (Å²) in [5, 5.41) is 11.4. The minimum Gasteiger partial charge on any atom is -0.460 e. The van der Waals surface area contributed by atoms with E-state index in [9.17, 15) is 9.90 Å². The van der Waals surface area contributed by atoms with Crippen LogP contribution in [0.2, 0.25) is 0 Å². The number of hydrogen-bond donors (Lipinski definition) is 2. The van der Waals surface area contributed by atoms with E-state index >= 15 is 0 Å². The maximum atomic E-state index is 12.4. The molecule has 0 radical (unpaired) electrons. The first-order valence-electron chi connectivity index (χ1n) is 9.48. The predicted molar refractivity (Wildman–Crippen MR) is 98.3 cm³/mol. The molecule has 0 aromatic carbocycles. The molecule has 26 heavy (non-hydrogen) atoms. The highest BCUT2D eigenvalue weighted by Gasteiger charge is 2.52. The van der Waals surface area contributed by atoms with Crippen LogP contribution in [0.5, 0.6) is 0 Å². The van der Waals surface area contributed by atoms with Crippen LogP contribution in [0, 0.1) is 5.92 Å². The highest BCUT2D eigenvalue weighted by molar-refractivity contribution is 5.70. The van der Waals surface area contributed by atoms with E-state index in [0.717, 1.165) is 24.8 Å². The fourth-order valence-electron chi connectivity index (χ4n) is 4.27. The van der Waals surface area contributed by atoms with Gasteiger partial charge in [0.15, 0.2) is 0 Å². The molecule has 3 N–H and O–H groups in total. The van der Waals surface area contributed by atoms with E-state index in [0.29, 0.717) is 18.5 Å². The van der Waals surface area contributed by atoms with E-state index in [2.05, 4.69) is 4.98 Å². The quantitative estimate of drug-likeness (QED) is 0.802. The Morgan fingerprint density at radius 3 is 2.92 bits per heavy atom. The maximum absolute atomic E-state index is 12.4. The van der Waals surface area contributed by atoms with Crippen LogP contribution in [-0.4, -0.2) is 33.4 Å². The lowest BCUT2D eigenvalue weighted by atomic mass is 9.68. The van der Waals surface area contributed by atoms with Gasteiger partial charge in [-0.1, -0.05) is 12.8 Å². The van der Waals surface area contributed by atoms with Crippen molar-refractivity contribution in [3.05, 3.63) is 24.0 Å². The molecule has 0 unspecified atom stereocenters. The fraction of sp³-hybridized carbons (Fsp3) is 0.700. The molecule has 1 aliphatic heterocycles. The Balaban J connectivity index is 1.83. The molecule has 2 aliphatic rings. The van der Waals surface area contributed by atoms with E-state index in [-0.39, 0.29) is 30.5 Å². The predicted octanol–water partition coefficient (Wildman–Crippen LogP) is 3.15. The number of anilines is 1. The number of aliphatic hydroxyl groups is 1. The zero-order valence-corrected chi connectivity index (χ0v) is 15.9. The van der Waals surface area contributed by atoms with Crippen molar-refractivity contribution in [2.24, 2.45) is 5.92 Å². The van der Waals surface area contributed by atoms with Crippen molar-refractivity contribution < 1.29 is 19.4 Å². The number of fused-ring (bicyclic) bond motifs is 1. The lowest BCUT2D eigenvalue weighted by Gasteiger charge is -2.51. The monoisotopic (exact) mass is 362 g/mol. The fourth-order valence-corrected chi connectivity index (χ4v) is 4.27. The van der Waals surface area contributed by atoms with Gasteiger partial charge in [-0.25, -0.2) is 0 Å². The molecule has 0 spiro atoms. The largest absolute Gasteiger partial charge is 0.460 e. The van der Waals surface area contributed by atoms with Crippen molar-refractivity contribution in [2.45, 2.75) is 82.7 Å². The normalized spacial score (nSPS) is 31.9. The number of ether oxygens (including phenoxy) is 2. The second-order valence-electron chi connectivity index (χ2n) is 8.58. The Labute approximate surface area is 155 Å². The minimum atomic E-state index is -0.979. The topological polar surface area (TPSA) is 94.7 Å². The van der Waals surface area contributed by atoms with E-state index < -0.39 is 11.2 Å². The van der Waals surface area contributed by atoms with Crippen molar-refractivity contribution in [3.8, 4) is 0 Å². The first-order valence-corrected chi connectivity index (χ1v) is 9.48. The lowest BCUT2D eigenvalue weighted by Crippen LogP contribution is -2.56. The van der Waals surface area contributed by atoms with E-state index in [4.69, 9.17) is 15.2 Å². The molecule has 0 bridgehead atoms. The van der Waals surface area contributed by atoms with Gasteiger partial charge in [-0.15, -0.1) is 0 Å². The molecule has 6 heteroatoms. The summed E-state index contributed by atoms with van der Waals surface area (Å²) in [6.07, 6.45) is 6.93. The van der Waals surface area contributed by atoms with Gasteiger partial charge in [0.25, 0.3) is 0 Å². The average Bonchev–Trinajstić information content (AvgIpc) is 2.54. The number of pyridine rings is 1. The third kappa shape index (κ3) is 4.01. The minimum absolute atomic E-state index is 0.190. The summed E-state index contributed by atoms with van der Waals surface area (Å²) in [6, 6.07) is 1.86. The third-order valence-corrected chi connectivity index (χ3v) is 5.45. The molecule has 144 valence electrons. The summed E-state index contributed by atoms with van der Waals surface area (Å²) in [6.45, 7) is 5.56. The standard InChI is InChI=1S/C20H30N2O4/c1-19(2,3)26-18(23)11-13-10-16(14-7-9-22-12-15(14)21)25-17-6-4-5-8-20(13,17)24/h7,9,12-13,16-17,24H,4-6,8,10-11,21H2,1-3H3/t13-,16+,17+,20-/m0/s1. The molecule has 1 aromatic rings. The highest BCUT2D eigenvalue weighted by atomic mass is 16.6. The van der Waals surface area contributed by atoms with Gasteiger partial charge in [-0.3, -0.25) is 9.78 Å². The van der Waals surface area contributed by atoms with Gasteiger partial charge in [-0.05, 0) is 46.1 Å². The summed E-state index contributed by atoms with van der Waals surface area (Å²) in [7, 11) is 0. The third-order valence-electron chi connectivity index (χ3n) is 5.45. The molecular weight excluding hydrogens is 332 g/mol. The Kier molecular flexibility index (Phi) is 5.26. The first kappa shape index (κ1) is 19.1. The number of hydrogen-bond acceptors (Lipinski definition) is 6. The molecule has 4 atom stereocenters. The van der Waals surface area contributed by atoms with Crippen LogP contribution in [0.25, 0.3) is 0 Å². The smallest absolute Gasteiger partial charge is 0.306 e. The van der Waals surface area contributed by atoms with Crippen LogP contribution in [0.3, 0.4) is 0 Å². The van der Waals surface area contributed by atoms with Gasteiger partial charge < -0.3 is 20.3 Å². The van der Waals surface area contributed by atoms with E-state index in [1.54, 1.807) is 12.4 Å². The second kappa shape index (κ2) is 7.16. The zero-order valence-electron chi connectivity index (χ0n) is 15.9. The number of aromatic nitrogens is 1. The van der Waals surface area contributed by atoms with E-state index in [1.165, 1.54) is 0 Å². The molecule has 0 amide bonds. The summed E-state index contributed by atoms with van der Waals surface area (Å²) in [5.74, 6) is -0.488. The highest BCUT2D eigenvalue weighted by Crippen LogP contribution is 2.49. The van der Waals surface area contributed by atoms with Gasteiger partial charge in [0.05, 0.1) is 36.1 Å². The van der Waals surface area contributed by atoms with E-state index in [1.807, 2.05) is 26.8 Å². The number of nitrogens with zero attached hydrogens (tertiary/aromatic N) is 1. The van der Waals surface area contributed by atoms with Crippen LogP contribution < -0.4 is 5.73 Å². The van der Waals surface area contributed by atoms with Crippen LogP contribution >= 0.6 is 0 Å². The van der Waals surface area contributed by atoms with Crippen LogP contribution in [0.15, 0.2) is 18.5 Å². The molecule has 1 aromatic heterocycles. The Morgan fingerprint density at radius 2 is 2.23 bits per heavy atom. The number of esters is 1. The van der Waals surface area contributed by atoms with Crippen LogP contribution in [-0.2, 0) is 14.3 Å². The van der Waals surface area contributed by atoms with Gasteiger partial charge in [0, 0.05) is 17.7 Å².